The van der Waals surface area contributed by atoms with Gasteiger partial charge in [0, 0.05) is 5.69 Å². The molecule has 1 atom stereocenters. The van der Waals surface area contributed by atoms with Gasteiger partial charge in [0.2, 0.25) is 0 Å². The smallest absolute Gasteiger partial charge is 0.325 e. The summed E-state index contributed by atoms with van der Waals surface area (Å²) >= 11 is 0. The third-order valence-electron chi connectivity index (χ3n) is 2.06. The van der Waals surface area contributed by atoms with Gasteiger partial charge in [0.05, 0.1) is 11.7 Å². The summed E-state index contributed by atoms with van der Waals surface area (Å²) in [6.45, 7) is 0. The summed E-state index contributed by atoms with van der Waals surface area (Å²) in [5, 5.41) is 9.31. The highest BCUT2D eigenvalue weighted by atomic mass is 16.3. The average molecular weight is 168 g/mol. The molecule has 0 amide bonds. The predicted octanol–water partition coefficient (Wildman–Crippen LogP) is -0.957. The van der Waals surface area contributed by atoms with Gasteiger partial charge >= 0.3 is 5.69 Å². The minimum Gasteiger partial charge on any atom is -0.388 e. The summed E-state index contributed by atoms with van der Waals surface area (Å²) < 4.78 is 0. The number of aromatic nitrogens is 2. The number of aromatic amines is 2. The van der Waals surface area contributed by atoms with Crippen molar-refractivity contribution in [1.29, 1.82) is 0 Å². The summed E-state index contributed by atoms with van der Waals surface area (Å²) in [7, 11) is 0. The summed E-state index contributed by atoms with van der Waals surface area (Å²) in [4.78, 5) is 26.4. The fourth-order valence-corrected chi connectivity index (χ4v) is 1.52. The van der Waals surface area contributed by atoms with Gasteiger partial charge in [-0.05, 0) is 12.8 Å². The molecule has 1 aromatic rings. The van der Waals surface area contributed by atoms with E-state index >= 15 is 0 Å². The first-order chi connectivity index (χ1) is 5.68. The molecular weight excluding hydrogens is 160 g/mol. The number of H-pyrrole nitrogens is 2. The Bertz CT molecular complexity index is 417. The number of hydrogen-bond acceptors (Lipinski definition) is 3. The van der Waals surface area contributed by atoms with Crippen LogP contribution in [0.4, 0.5) is 0 Å². The molecule has 0 saturated carbocycles. The Balaban J connectivity index is 2.77. The number of aliphatic hydroxyl groups is 1. The first kappa shape index (κ1) is 7.30. The van der Waals surface area contributed by atoms with Gasteiger partial charge < -0.3 is 10.1 Å². The van der Waals surface area contributed by atoms with E-state index in [1.54, 1.807) is 0 Å². The Morgan fingerprint density at radius 2 is 2.08 bits per heavy atom. The maximum absolute atomic E-state index is 11.1. The average Bonchev–Trinajstić information content (AvgIpc) is 2.31. The zero-order valence-corrected chi connectivity index (χ0v) is 6.26. The molecule has 5 heteroatoms. The first-order valence-electron chi connectivity index (χ1n) is 3.72. The van der Waals surface area contributed by atoms with Crippen LogP contribution in [0.3, 0.4) is 0 Å². The standard InChI is InChI=1S/C7H8N2O3/c10-4-2-1-3-5(4)6(11)9-7(12)8-3/h4,10H,1-2H2,(H2,8,9,11,12). The highest BCUT2D eigenvalue weighted by molar-refractivity contribution is 5.23. The van der Waals surface area contributed by atoms with Crippen molar-refractivity contribution >= 4 is 0 Å². The van der Waals surface area contributed by atoms with Gasteiger partial charge in [-0.3, -0.25) is 9.78 Å². The molecule has 1 aromatic heterocycles. The molecule has 3 N–H and O–H groups in total. The van der Waals surface area contributed by atoms with Crippen LogP contribution in [0.2, 0.25) is 0 Å². The van der Waals surface area contributed by atoms with Gasteiger partial charge in [0.15, 0.2) is 0 Å². The van der Waals surface area contributed by atoms with E-state index in [0.717, 1.165) is 0 Å². The number of hydrogen-bond donors (Lipinski definition) is 3. The normalized spacial score (nSPS) is 20.9. The molecule has 0 bridgehead atoms. The lowest BCUT2D eigenvalue weighted by molar-refractivity contribution is 0.178. The number of rotatable bonds is 0. The SMILES string of the molecule is O=c1[nH]c2c(c(=O)[nH]1)C(O)CC2. The zero-order chi connectivity index (χ0) is 8.72. The third-order valence-corrected chi connectivity index (χ3v) is 2.06. The van der Waals surface area contributed by atoms with Crippen molar-refractivity contribution in [2.75, 3.05) is 0 Å². The van der Waals surface area contributed by atoms with E-state index in [0.29, 0.717) is 24.1 Å². The van der Waals surface area contributed by atoms with Crippen molar-refractivity contribution in [2.24, 2.45) is 0 Å². The fourth-order valence-electron chi connectivity index (χ4n) is 1.52. The molecule has 5 nitrogen and oxygen atoms in total. The molecule has 0 spiro atoms. The van der Waals surface area contributed by atoms with Crippen LogP contribution in [0.5, 0.6) is 0 Å². The fraction of sp³-hybridized carbons (Fsp3) is 0.429. The van der Waals surface area contributed by atoms with E-state index in [2.05, 4.69) is 9.97 Å². The Morgan fingerprint density at radius 3 is 2.83 bits per heavy atom. The van der Waals surface area contributed by atoms with Crippen molar-refractivity contribution in [3.05, 3.63) is 32.1 Å². The molecule has 64 valence electrons. The largest absolute Gasteiger partial charge is 0.388 e. The minimum absolute atomic E-state index is 0.314. The number of nitrogens with one attached hydrogen (secondary N) is 2. The number of aryl methyl sites for hydroxylation is 1. The highest BCUT2D eigenvalue weighted by Crippen LogP contribution is 2.24. The van der Waals surface area contributed by atoms with E-state index in [9.17, 15) is 14.7 Å². The summed E-state index contributed by atoms with van der Waals surface area (Å²) in [5.74, 6) is 0. The van der Waals surface area contributed by atoms with Crippen molar-refractivity contribution in [3.63, 3.8) is 0 Å². The van der Waals surface area contributed by atoms with Crippen LogP contribution in [0.15, 0.2) is 9.59 Å². The van der Waals surface area contributed by atoms with E-state index in [1.165, 1.54) is 0 Å². The van der Waals surface area contributed by atoms with Gasteiger partial charge in [-0.15, -0.1) is 0 Å². The molecule has 2 rings (SSSR count). The van der Waals surface area contributed by atoms with E-state index in [-0.39, 0.29) is 0 Å². The van der Waals surface area contributed by atoms with Crippen molar-refractivity contribution < 1.29 is 5.11 Å². The minimum atomic E-state index is -0.722. The van der Waals surface area contributed by atoms with E-state index in [4.69, 9.17) is 0 Å². The number of fused-ring (bicyclic) bond motifs is 1. The van der Waals surface area contributed by atoms with Gasteiger partial charge in [-0.25, -0.2) is 4.79 Å². The van der Waals surface area contributed by atoms with Crippen LogP contribution in [0.25, 0.3) is 0 Å². The van der Waals surface area contributed by atoms with Crippen LogP contribution in [-0.4, -0.2) is 15.1 Å². The Hall–Kier alpha value is -1.36. The van der Waals surface area contributed by atoms with Gasteiger partial charge in [-0.2, -0.15) is 0 Å². The second-order valence-corrected chi connectivity index (χ2v) is 2.85. The second-order valence-electron chi connectivity index (χ2n) is 2.85. The Kier molecular flexibility index (Phi) is 1.41. The second kappa shape index (κ2) is 2.31. The molecule has 1 aliphatic rings. The van der Waals surface area contributed by atoms with Crippen LogP contribution in [0.1, 0.15) is 23.8 Å². The third kappa shape index (κ3) is 0.902. The maximum Gasteiger partial charge on any atom is 0.325 e. The molecule has 0 aromatic carbocycles. The Morgan fingerprint density at radius 1 is 1.33 bits per heavy atom. The lowest BCUT2D eigenvalue weighted by atomic mass is 10.2. The Labute approximate surface area is 67.1 Å². The van der Waals surface area contributed by atoms with Crippen LogP contribution < -0.4 is 11.2 Å². The van der Waals surface area contributed by atoms with Crippen molar-refractivity contribution in [3.8, 4) is 0 Å². The quantitative estimate of drug-likeness (QED) is 0.466. The van der Waals surface area contributed by atoms with Gasteiger partial charge in [0.25, 0.3) is 5.56 Å². The predicted molar refractivity (Wildman–Crippen MR) is 41.0 cm³/mol. The topological polar surface area (TPSA) is 86.0 Å². The number of aliphatic hydroxyl groups excluding tert-OH is 1. The molecule has 1 aliphatic carbocycles. The summed E-state index contributed by atoms with van der Waals surface area (Å²) in [6, 6.07) is 0. The molecule has 1 heterocycles. The molecule has 0 aliphatic heterocycles. The molecule has 12 heavy (non-hydrogen) atoms. The first-order valence-corrected chi connectivity index (χ1v) is 3.72. The monoisotopic (exact) mass is 168 g/mol. The molecular formula is C7H8N2O3. The maximum atomic E-state index is 11.1. The van der Waals surface area contributed by atoms with E-state index in [1.807, 2.05) is 0 Å². The lowest BCUT2D eigenvalue weighted by Gasteiger charge is -1.99. The summed E-state index contributed by atoms with van der Waals surface area (Å²) in [6.07, 6.45) is 0.356. The molecule has 0 saturated heterocycles. The van der Waals surface area contributed by atoms with Crippen molar-refractivity contribution in [1.82, 2.24) is 9.97 Å². The zero-order valence-electron chi connectivity index (χ0n) is 6.26. The lowest BCUT2D eigenvalue weighted by Crippen LogP contribution is -2.26. The highest BCUT2D eigenvalue weighted by Gasteiger charge is 2.24. The molecule has 0 radical (unpaired) electrons. The van der Waals surface area contributed by atoms with Gasteiger partial charge in [-0.1, -0.05) is 0 Å². The summed E-state index contributed by atoms with van der Waals surface area (Å²) in [5.41, 5.74) is -0.0996. The molecule has 0 fully saturated rings. The van der Waals surface area contributed by atoms with Crippen LogP contribution in [0, 0.1) is 0 Å². The van der Waals surface area contributed by atoms with E-state index < -0.39 is 17.4 Å². The van der Waals surface area contributed by atoms with Crippen molar-refractivity contribution in [2.45, 2.75) is 18.9 Å². The van der Waals surface area contributed by atoms with Crippen LogP contribution >= 0.6 is 0 Å². The van der Waals surface area contributed by atoms with Gasteiger partial charge in [0.1, 0.15) is 0 Å². The molecule has 1 unspecified atom stereocenters. The van der Waals surface area contributed by atoms with Crippen LogP contribution in [-0.2, 0) is 6.42 Å².